The summed E-state index contributed by atoms with van der Waals surface area (Å²) in [5.74, 6) is 0.179. The molecule has 0 amide bonds. The minimum absolute atomic E-state index is 0.179. The van der Waals surface area contributed by atoms with Gasteiger partial charge in [0.15, 0.2) is 0 Å². The zero-order valence-electron chi connectivity index (χ0n) is 7.76. The average molecular weight is 168 g/mol. The first-order valence-electron chi connectivity index (χ1n) is 4.32. The van der Waals surface area contributed by atoms with Crippen LogP contribution in [0.25, 0.3) is 0 Å². The normalized spacial score (nSPS) is 35.6. The predicted molar refractivity (Wildman–Crippen MR) is 47.8 cm³/mol. The van der Waals surface area contributed by atoms with Gasteiger partial charge < -0.3 is 5.11 Å². The fraction of sp³-hybridized carbons (Fsp3) is 0.700. The molecule has 0 aromatic rings. The van der Waals surface area contributed by atoms with Crippen molar-refractivity contribution in [2.24, 2.45) is 5.41 Å². The molecule has 0 saturated heterocycles. The zero-order chi connectivity index (χ0) is 9.35. The summed E-state index contributed by atoms with van der Waals surface area (Å²) in [6, 6.07) is 0. The van der Waals surface area contributed by atoms with Crippen LogP contribution in [0, 0.1) is 5.41 Å². The molecule has 1 N–H and O–H groups in total. The van der Waals surface area contributed by atoms with Crippen LogP contribution in [0.4, 0.5) is 0 Å². The first-order valence-corrected chi connectivity index (χ1v) is 4.32. The second-order valence-corrected chi connectivity index (χ2v) is 4.03. The molecule has 1 aliphatic carbocycles. The highest BCUT2D eigenvalue weighted by Crippen LogP contribution is 2.39. The van der Waals surface area contributed by atoms with E-state index >= 15 is 0 Å². The molecule has 1 aliphatic rings. The molecule has 2 nitrogen and oxygen atoms in total. The highest BCUT2D eigenvalue weighted by atomic mass is 16.3. The summed E-state index contributed by atoms with van der Waals surface area (Å²) in [4.78, 5) is 11.4. The van der Waals surface area contributed by atoms with E-state index in [-0.39, 0.29) is 5.78 Å². The molecule has 0 aliphatic heterocycles. The van der Waals surface area contributed by atoms with E-state index < -0.39 is 11.5 Å². The Bertz CT molecular complexity index is 220. The topological polar surface area (TPSA) is 37.3 Å². The van der Waals surface area contributed by atoms with Gasteiger partial charge in [-0.3, -0.25) is 4.79 Å². The van der Waals surface area contributed by atoms with E-state index in [9.17, 15) is 9.90 Å². The van der Waals surface area contributed by atoms with E-state index in [0.29, 0.717) is 19.3 Å². The highest BCUT2D eigenvalue weighted by molar-refractivity contribution is 5.87. The maximum Gasteiger partial charge on any atom is 0.141 e. The lowest BCUT2D eigenvalue weighted by Gasteiger charge is -2.26. The third-order valence-corrected chi connectivity index (χ3v) is 2.69. The third-order valence-electron chi connectivity index (χ3n) is 2.69. The van der Waals surface area contributed by atoms with Gasteiger partial charge in [0.25, 0.3) is 0 Å². The van der Waals surface area contributed by atoms with Crippen LogP contribution < -0.4 is 0 Å². The standard InChI is InChI=1S/C10H16O2/c1-7(2)6-10(3)8(11)4-5-9(10)12/h8,11H,1,4-6H2,2-3H3/t8-,10-/m0/s1. The van der Waals surface area contributed by atoms with Crippen molar-refractivity contribution in [2.45, 2.75) is 39.2 Å². The van der Waals surface area contributed by atoms with E-state index in [4.69, 9.17) is 0 Å². The largest absolute Gasteiger partial charge is 0.392 e. The van der Waals surface area contributed by atoms with Crippen molar-refractivity contribution in [1.29, 1.82) is 0 Å². The fourth-order valence-electron chi connectivity index (χ4n) is 1.90. The summed E-state index contributed by atoms with van der Waals surface area (Å²) in [5.41, 5.74) is 0.415. The number of aliphatic hydroxyl groups is 1. The third kappa shape index (κ3) is 1.44. The average Bonchev–Trinajstić information content (AvgIpc) is 2.16. The highest BCUT2D eigenvalue weighted by Gasteiger charge is 2.44. The van der Waals surface area contributed by atoms with Gasteiger partial charge in [-0.05, 0) is 26.7 Å². The van der Waals surface area contributed by atoms with Gasteiger partial charge >= 0.3 is 0 Å². The Hall–Kier alpha value is -0.630. The van der Waals surface area contributed by atoms with Gasteiger partial charge in [0.1, 0.15) is 5.78 Å². The Morgan fingerprint density at radius 1 is 1.83 bits per heavy atom. The Morgan fingerprint density at radius 3 is 2.75 bits per heavy atom. The number of allylic oxidation sites excluding steroid dienone is 1. The molecule has 0 aromatic carbocycles. The molecule has 68 valence electrons. The first-order chi connectivity index (χ1) is 5.47. The van der Waals surface area contributed by atoms with Crippen molar-refractivity contribution in [3.8, 4) is 0 Å². The summed E-state index contributed by atoms with van der Waals surface area (Å²) in [6.45, 7) is 7.50. The number of hydrogen-bond donors (Lipinski definition) is 1. The summed E-state index contributed by atoms with van der Waals surface area (Å²) in [6.07, 6.45) is 1.28. The van der Waals surface area contributed by atoms with Gasteiger partial charge in [0, 0.05) is 6.42 Å². The second kappa shape index (κ2) is 3.02. The lowest BCUT2D eigenvalue weighted by Crippen LogP contribution is -2.32. The van der Waals surface area contributed by atoms with Crippen LogP contribution in [0.3, 0.4) is 0 Å². The van der Waals surface area contributed by atoms with Crippen molar-refractivity contribution < 1.29 is 9.90 Å². The van der Waals surface area contributed by atoms with E-state index in [1.807, 2.05) is 13.8 Å². The molecule has 0 unspecified atom stereocenters. The molecule has 1 rings (SSSR count). The lowest BCUT2D eigenvalue weighted by atomic mass is 9.80. The smallest absolute Gasteiger partial charge is 0.141 e. The van der Waals surface area contributed by atoms with Crippen molar-refractivity contribution >= 4 is 5.78 Å². The Labute approximate surface area is 73.3 Å². The Morgan fingerprint density at radius 2 is 2.42 bits per heavy atom. The molecule has 2 atom stereocenters. The molecular weight excluding hydrogens is 152 g/mol. The van der Waals surface area contributed by atoms with Gasteiger partial charge in [0.05, 0.1) is 11.5 Å². The molecule has 2 heteroatoms. The SMILES string of the molecule is C=C(C)C[C@]1(C)C(=O)CC[C@@H]1O. The molecule has 1 saturated carbocycles. The molecule has 1 fully saturated rings. The summed E-state index contributed by atoms with van der Waals surface area (Å²) in [7, 11) is 0. The monoisotopic (exact) mass is 168 g/mol. The van der Waals surface area contributed by atoms with Gasteiger partial charge in [-0.1, -0.05) is 5.57 Å². The molecule has 0 radical (unpaired) electrons. The van der Waals surface area contributed by atoms with Crippen LogP contribution in [0.2, 0.25) is 0 Å². The van der Waals surface area contributed by atoms with E-state index in [2.05, 4.69) is 6.58 Å². The lowest BCUT2D eigenvalue weighted by molar-refractivity contribution is -0.127. The van der Waals surface area contributed by atoms with Gasteiger partial charge in [-0.2, -0.15) is 0 Å². The number of carbonyl (C=O) groups is 1. The number of ketones is 1. The molecule has 0 bridgehead atoms. The fourth-order valence-corrected chi connectivity index (χ4v) is 1.90. The second-order valence-electron chi connectivity index (χ2n) is 4.03. The zero-order valence-corrected chi connectivity index (χ0v) is 7.76. The summed E-state index contributed by atoms with van der Waals surface area (Å²) >= 11 is 0. The van der Waals surface area contributed by atoms with Crippen LogP contribution in [0.5, 0.6) is 0 Å². The predicted octanol–water partition coefficient (Wildman–Crippen LogP) is 1.68. The molecule has 0 heterocycles. The number of hydrogen-bond acceptors (Lipinski definition) is 2. The molecular formula is C10H16O2. The van der Waals surface area contributed by atoms with Crippen LogP contribution in [-0.2, 0) is 4.79 Å². The van der Waals surface area contributed by atoms with Gasteiger partial charge in [-0.15, -0.1) is 6.58 Å². The maximum atomic E-state index is 11.4. The van der Waals surface area contributed by atoms with Crippen LogP contribution in [0.1, 0.15) is 33.1 Å². The van der Waals surface area contributed by atoms with Crippen molar-refractivity contribution in [1.82, 2.24) is 0 Å². The Kier molecular flexibility index (Phi) is 2.38. The number of rotatable bonds is 2. The van der Waals surface area contributed by atoms with Crippen LogP contribution in [0.15, 0.2) is 12.2 Å². The maximum absolute atomic E-state index is 11.4. The first kappa shape index (κ1) is 9.46. The summed E-state index contributed by atoms with van der Waals surface area (Å²) in [5, 5.41) is 9.61. The van der Waals surface area contributed by atoms with E-state index in [0.717, 1.165) is 5.57 Å². The number of carbonyl (C=O) groups excluding carboxylic acids is 1. The van der Waals surface area contributed by atoms with E-state index in [1.165, 1.54) is 0 Å². The minimum atomic E-state index is -0.550. The minimum Gasteiger partial charge on any atom is -0.392 e. The van der Waals surface area contributed by atoms with Crippen LogP contribution >= 0.6 is 0 Å². The number of aliphatic hydroxyl groups excluding tert-OH is 1. The molecule has 0 aromatic heterocycles. The van der Waals surface area contributed by atoms with Crippen molar-refractivity contribution in [3.05, 3.63) is 12.2 Å². The van der Waals surface area contributed by atoms with E-state index in [1.54, 1.807) is 0 Å². The summed E-state index contributed by atoms with van der Waals surface area (Å²) < 4.78 is 0. The van der Waals surface area contributed by atoms with Crippen molar-refractivity contribution in [2.75, 3.05) is 0 Å². The van der Waals surface area contributed by atoms with Crippen LogP contribution in [-0.4, -0.2) is 17.0 Å². The number of Topliss-reactive ketones (excluding diaryl/α,β-unsaturated/α-hetero) is 1. The van der Waals surface area contributed by atoms with Gasteiger partial charge in [-0.25, -0.2) is 0 Å². The molecule has 12 heavy (non-hydrogen) atoms. The Balaban J connectivity index is 2.79. The quantitative estimate of drug-likeness (QED) is 0.637. The molecule has 0 spiro atoms. The van der Waals surface area contributed by atoms with Gasteiger partial charge in [0.2, 0.25) is 0 Å². The van der Waals surface area contributed by atoms with Crippen molar-refractivity contribution in [3.63, 3.8) is 0 Å².